The van der Waals surface area contributed by atoms with Gasteiger partial charge >= 0.3 is 0 Å². The fraction of sp³-hybridized carbons (Fsp3) is 0.333. The Labute approximate surface area is 114 Å². The number of nitrogens with zero attached hydrogens (tertiary/aromatic N) is 2. The average molecular weight is 256 g/mol. The minimum atomic E-state index is 0.754. The van der Waals surface area contributed by atoms with Gasteiger partial charge in [-0.3, -0.25) is 4.98 Å². The van der Waals surface area contributed by atoms with Crippen LogP contribution in [0.5, 0.6) is 0 Å². The number of aryl methyl sites for hydroxylation is 2. The van der Waals surface area contributed by atoms with Gasteiger partial charge in [-0.2, -0.15) is 0 Å². The van der Waals surface area contributed by atoms with Crippen molar-refractivity contribution in [2.45, 2.75) is 27.2 Å². The molecule has 0 aliphatic heterocycles. The second kappa shape index (κ2) is 6.18. The molecule has 0 bridgehead atoms. The Morgan fingerprint density at radius 1 is 1.05 bits per heavy atom. The molecule has 1 heterocycles. The van der Waals surface area contributed by atoms with E-state index in [0.717, 1.165) is 30.3 Å². The maximum absolute atomic E-state index is 4.47. The van der Waals surface area contributed by atoms with Crippen LogP contribution >= 0.6 is 0 Å². The van der Waals surface area contributed by atoms with E-state index in [1.54, 1.807) is 12.4 Å². The van der Waals surface area contributed by atoms with Gasteiger partial charge in [0.25, 0.3) is 0 Å². The van der Waals surface area contributed by atoms with Crippen molar-refractivity contribution < 1.29 is 0 Å². The van der Waals surface area contributed by atoms with Crippen LogP contribution in [-0.2, 0) is 0 Å². The lowest BCUT2D eigenvalue weighted by molar-refractivity contribution is 0.965. The van der Waals surface area contributed by atoms with Gasteiger partial charge in [-0.25, -0.2) is 4.98 Å². The van der Waals surface area contributed by atoms with E-state index in [9.17, 15) is 0 Å². The summed E-state index contributed by atoms with van der Waals surface area (Å²) in [6.45, 7) is 7.24. The first-order valence-electron chi connectivity index (χ1n) is 6.59. The lowest BCUT2D eigenvalue weighted by Crippen LogP contribution is -2.04. The van der Waals surface area contributed by atoms with E-state index in [1.807, 2.05) is 0 Å². The summed E-state index contributed by atoms with van der Waals surface area (Å²) in [6.07, 6.45) is 4.53. The van der Waals surface area contributed by atoms with Crippen LogP contribution in [0.3, 0.4) is 0 Å². The minimum absolute atomic E-state index is 0.754. The molecular formula is C15H20N4. The van der Waals surface area contributed by atoms with Gasteiger partial charge in [-0.05, 0) is 43.5 Å². The fourth-order valence-corrected chi connectivity index (χ4v) is 1.73. The second-order valence-corrected chi connectivity index (χ2v) is 4.64. The van der Waals surface area contributed by atoms with E-state index in [1.165, 1.54) is 11.1 Å². The quantitative estimate of drug-likeness (QED) is 0.857. The van der Waals surface area contributed by atoms with Crippen molar-refractivity contribution in [3.8, 4) is 0 Å². The van der Waals surface area contributed by atoms with Crippen molar-refractivity contribution in [1.29, 1.82) is 0 Å². The summed E-state index contributed by atoms with van der Waals surface area (Å²) in [6, 6.07) is 6.27. The number of hydrogen-bond acceptors (Lipinski definition) is 4. The molecule has 4 heteroatoms. The van der Waals surface area contributed by atoms with E-state index in [2.05, 4.69) is 59.6 Å². The molecule has 19 heavy (non-hydrogen) atoms. The molecule has 2 rings (SSSR count). The van der Waals surface area contributed by atoms with Crippen LogP contribution in [0.1, 0.15) is 24.5 Å². The van der Waals surface area contributed by atoms with Crippen LogP contribution in [0.4, 0.5) is 17.3 Å². The molecule has 0 fully saturated rings. The maximum atomic E-state index is 4.47. The molecule has 0 amide bonds. The van der Waals surface area contributed by atoms with Crippen LogP contribution in [0.25, 0.3) is 0 Å². The first-order chi connectivity index (χ1) is 9.19. The molecule has 0 aliphatic carbocycles. The van der Waals surface area contributed by atoms with Crippen molar-refractivity contribution in [1.82, 2.24) is 9.97 Å². The Morgan fingerprint density at radius 2 is 1.84 bits per heavy atom. The molecule has 0 saturated carbocycles. The highest BCUT2D eigenvalue weighted by atomic mass is 15.1. The Balaban J connectivity index is 2.11. The molecule has 1 aromatic heterocycles. The van der Waals surface area contributed by atoms with Crippen LogP contribution in [0.15, 0.2) is 30.6 Å². The van der Waals surface area contributed by atoms with Gasteiger partial charge in [0.1, 0.15) is 5.82 Å². The van der Waals surface area contributed by atoms with Crippen LogP contribution in [0, 0.1) is 13.8 Å². The molecule has 0 radical (unpaired) electrons. The molecule has 0 spiro atoms. The Hall–Kier alpha value is -2.10. The molecule has 1 aromatic carbocycles. The van der Waals surface area contributed by atoms with Crippen LogP contribution < -0.4 is 10.6 Å². The number of benzene rings is 1. The first kappa shape index (κ1) is 13.3. The topological polar surface area (TPSA) is 49.8 Å². The van der Waals surface area contributed by atoms with E-state index < -0.39 is 0 Å². The lowest BCUT2D eigenvalue weighted by atomic mass is 10.1. The Kier molecular flexibility index (Phi) is 4.34. The highest BCUT2D eigenvalue weighted by molar-refractivity contribution is 5.58. The fourth-order valence-electron chi connectivity index (χ4n) is 1.73. The number of aromatic nitrogens is 2. The van der Waals surface area contributed by atoms with E-state index in [0.29, 0.717) is 0 Å². The summed E-state index contributed by atoms with van der Waals surface area (Å²) < 4.78 is 0. The average Bonchev–Trinajstić information content (AvgIpc) is 2.41. The molecule has 100 valence electrons. The van der Waals surface area contributed by atoms with Crippen molar-refractivity contribution in [3.05, 3.63) is 41.7 Å². The highest BCUT2D eigenvalue weighted by Crippen LogP contribution is 2.18. The summed E-state index contributed by atoms with van der Waals surface area (Å²) in [5.41, 5.74) is 3.58. The zero-order valence-electron chi connectivity index (χ0n) is 11.7. The lowest BCUT2D eigenvalue weighted by Gasteiger charge is -2.09. The summed E-state index contributed by atoms with van der Waals surface area (Å²) >= 11 is 0. The van der Waals surface area contributed by atoms with Gasteiger partial charge in [0.05, 0.1) is 12.4 Å². The smallest absolute Gasteiger partial charge is 0.151 e. The third-order valence-electron chi connectivity index (χ3n) is 2.97. The van der Waals surface area contributed by atoms with Gasteiger partial charge in [0.2, 0.25) is 0 Å². The van der Waals surface area contributed by atoms with Gasteiger partial charge in [0, 0.05) is 12.2 Å². The van der Waals surface area contributed by atoms with Gasteiger partial charge < -0.3 is 10.6 Å². The third-order valence-corrected chi connectivity index (χ3v) is 2.97. The van der Waals surface area contributed by atoms with E-state index >= 15 is 0 Å². The predicted molar refractivity (Wildman–Crippen MR) is 80.0 cm³/mol. The summed E-state index contributed by atoms with van der Waals surface area (Å²) in [5, 5.41) is 6.50. The maximum Gasteiger partial charge on any atom is 0.151 e. The molecule has 0 aliphatic rings. The summed E-state index contributed by atoms with van der Waals surface area (Å²) in [7, 11) is 0. The summed E-state index contributed by atoms with van der Waals surface area (Å²) in [4.78, 5) is 8.66. The normalized spacial score (nSPS) is 10.3. The molecule has 2 N–H and O–H groups in total. The van der Waals surface area contributed by atoms with E-state index in [-0.39, 0.29) is 0 Å². The Bertz CT molecular complexity index is 552. The monoisotopic (exact) mass is 256 g/mol. The number of hydrogen-bond donors (Lipinski definition) is 2. The van der Waals surface area contributed by atoms with Crippen molar-refractivity contribution in [3.63, 3.8) is 0 Å². The molecular weight excluding hydrogens is 236 g/mol. The third kappa shape index (κ3) is 3.68. The molecule has 2 aromatic rings. The molecule has 0 saturated heterocycles. The van der Waals surface area contributed by atoms with Crippen LogP contribution in [0.2, 0.25) is 0 Å². The van der Waals surface area contributed by atoms with E-state index in [4.69, 9.17) is 0 Å². The second-order valence-electron chi connectivity index (χ2n) is 4.64. The Morgan fingerprint density at radius 3 is 2.58 bits per heavy atom. The zero-order valence-corrected chi connectivity index (χ0v) is 11.7. The first-order valence-corrected chi connectivity index (χ1v) is 6.59. The predicted octanol–water partition coefficient (Wildman–Crippen LogP) is 3.66. The number of anilines is 3. The summed E-state index contributed by atoms with van der Waals surface area (Å²) in [5.74, 6) is 1.56. The highest BCUT2D eigenvalue weighted by Gasteiger charge is 2.00. The molecule has 0 atom stereocenters. The standard InChI is InChI=1S/C15H20N4/c1-4-7-17-14-9-16-10-15(19-14)18-13-6-5-11(2)12(3)8-13/h5-6,8-10H,4,7H2,1-3H3,(H2,17,18,19). The molecule has 4 nitrogen and oxygen atoms in total. The SMILES string of the molecule is CCCNc1cncc(Nc2ccc(C)c(C)c2)n1. The van der Waals surface area contributed by atoms with Crippen molar-refractivity contribution >= 4 is 17.3 Å². The number of nitrogens with one attached hydrogen (secondary N) is 2. The van der Waals surface area contributed by atoms with Crippen molar-refractivity contribution in [2.75, 3.05) is 17.2 Å². The van der Waals surface area contributed by atoms with Crippen LogP contribution in [-0.4, -0.2) is 16.5 Å². The van der Waals surface area contributed by atoms with Crippen molar-refractivity contribution in [2.24, 2.45) is 0 Å². The number of rotatable bonds is 5. The largest absolute Gasteiger partial charge is 0.369 e. The minimum Gasteiger partial charge on any atom is -0.369 e. The van der Waals surface area contributed by atoms with Gasteiger partial charge in [-0.15, -0.1) is 0 Å². The van der Waals surface area contributed by atoms with Gasteiger partial charge in [-0.1, -0.05) is 13.0 Å². The molecule has 0 unspecified atom stereocenters. The zero-order chi connectivity index (χ0) is 13.7. The van der Waals surface area contributed by atoms with Gasteiger partial charge in [0.15, 0.2) is 5.82 Å².